The molecule has 0 aromatic carbocycles. The number of aliphatic hydroxyl groups is 1. The number of esters is 1. The minimum Gasteiger partial charge on any atom is -0.459 e. The van der Waals surface area contributed by atoms with Gasteiger partial charge in [-0.3, -0.25) is 0 Å². The number of aliphatic hydroxyl groups excluding tert-OH is 1. The van der Waals surface area contributed by atoms with Gasteiger partial charge >= 0.3 is 5.97 Å². The molecule has 82 valence electrons. The van der Waals surface area contributed by atoms with Gasteiger partial charge in [0, 0.05) is 12.0 Å². The molecule has 0 spiro atoms. The van der Waals surface area contributed by atoms with Gasteiger partial charge in [0.25, 0.3) is 0 Å². The van der Waals surface area contributed by atoms with E-state index in [0.717, 1.165) is 6.42 Å². The molecule has 2 unspecified atom stereocenters. The number of ether oxygens (including phenoxy) is 1. The highest BCUT2D eigenvalue weighted by atomic mass is 16.5. The molecule has 3 heteroatoms. The Balaban J connectivity index is 4.02. The van der Waals surface area contributed by atoms with E-state index in [4.69, 9.17) is 4.74 Å². The first-order chi connectivity index (χ1) is 6.51. The van der Waals surface area contributed by atoms with Crippen LogP contribution in [0, 0.1) is 0 Å². The minimum atomic E-state index is -0.391. The summed E-state index contributed by atoms with van der Waals surface area (Å²) in [6.07, 6.45) is 1.32. The van der Waals surface area contributed by atoms with Crippen LogP contribution in [0.25, 0.3) is 0 Å². The molecule has 0 aliphatic heterocycles. The number of carbonyl (C=O) groups excluding carboxylic acids is 1. The van der Waals surface area contributed by atoms with Crippen LogP contribution in [-0.2, 0) is 9.53 Å². The van der Waals surface area contributed by atoms with Gasteiger partial charge in [0.1, 0.15) is 6.10 Å². The van der Waals surface area contributed by atoms with Gasteiger partial charge in [-0.1, -0.05) is 20.4 Å². The van der Waals surface area contributed by atoms with Crippen molar-refractivity contribution >= 4 is 5.97 Å². The Morgan fingerprint density at radius 3 is 2.36 bits per heavy atom. The molecule has 0 rings (SSSR count). The largest absolute Gasteiger partial charge is 0.459 e. The van der Waals surface area contributed by atoms with Crippen molar-refractivity contribution in [2.75, 3.05) is 0 Å². The van der Waals surface area contributed by atoms with E-state index in [1.165, 1.54) is 0 Å². The highest BCUT2D eigenvalue weighted by molar-refractivity contribution is 5.87. The third-order valence-corrected chi connectivity index (χ3v) is 2.08. The monoisotopic (exact) mass is 200 g/mol. The number of hydrogen-bond acceptors (Lipinski definition) is 3. The topological polar surface area (TPSA) is 46.5 Å². The fourth-order valence-electron chi connectivity index (χ4n) is 1.02. The highest BCUT2D eigenvalue weighted by Gasteiger charge is 2.16. The van der Waals surface area contributed by atoms with Gasteiger partial charge in [0.05, 0.1) is 6.10 Å². The SMILES string of the molecule is C=C(C)C(=O)OC(CC)CC(O)CC. The molecule has 2 atom stereocenters. The molecule has 0 amide bonds. The second-order valence-electron chi connectivity index (χ2n) is 3.51. The summed E-state index contributed by atoms with van der Waals surface area (Å²) >= 11 is 0. The molecule has 1 N–H and O–H groups in total. The lowest BCUT2D eigenvalue weighted by Crippen LogP contribution is -2.23. The summed E-state index contributed by atoms with van der Waals surface area (Å²) in [5.41, 5.74) is 0.398. The van der Waals surface area contributed by atoms with Crippen LogP contribution in [0.3, 0.4) is 0 Å². The summed E-state index contributed by atoms with van der Waals surface area (Å²) in [6, 6.07) is 0. The predicted molar refractivity (Wildman–Crippen MR) is 55.9 cm³/mol. The number of carbonyl (C=O) groups is 1. The van der Waals surface area contributed by atoms with Crippen LogP contribution in [-0.4, -0.2) is 23.3 Å². The second kappa shape index (κ2) is 6.60. The minimum absolute atomic E-state index is 0.200. The zero-order valence-corrected chi connectivity index (χ0v) is 9.25. The summed E-state index contributed by atoms with van der Waals surface area (Å²) in [5.74, 6) is -0.375. The predicted octanol–water partition coefficient (Wildman–Crippen LogP) is 2.05. The average Bonchev–Trinajstić information content (AvgIpc) is 2.16. The zero-order chi connectivity index (χ0) is 11.1. The smallest absolute Gasteiger partial charge is 0.333 e. The normalized spacial score (nSPS) is 14.6. The molecule has 14 heavy (non-hydrogen) atoms. The fourth-order valence-corrected chi connectivity index (χ4v) is 1.02. The van der Waals surface area contributed by atoms with Gasteiger partial charge in [-0.2, -0.15) is 0 Å². The van der Waals surface area contributed by atoms with E-state index >= 15 is 0 Å². The van der Waals surface area contributed by atoms with Crippen LogP contribution < -0.4 is 0 Å². The van der Waals surface area contributed by atoms with E-state index in [-0.39, 0.29) is 12.1 Å². The number of hydrogen-bond donors (Lipinski definition) is 1. The zero-order valence-electron chi connectivity index (χ0n) is 9.25. The van der Waals surface area contributed by atoms with Crippen molar-refractivity contribution in [2.45, 2.75) is 52.2 Å². The lowest BCUT2D eigenvalue weighted by molar-refractivity contribution is -0.145. The second-order valence-corrected chi connectivity index (χ2v) is 3.51. The molecule has 3 nitrogen and oxygen atoms in total. The first-order valence-corrected chi connectivity index (χ1v) is 5.05. The van der Waals surface area contributed by atoms with E-state index in [1.54, 1.807) is 6.92 Å². The molecule has 0 bridgehead atoms. The van der Waals surface area contributed by atoms with Gasteiger partial charge in [0.15, 0.2) is 0 Å². The van der Waals surface area contributed by atoms with Crippen molar-refractivity contribution in [2.24, 2.45) is 0 Å². The lowest BCUT2D eigenvalue weighted by Gasteiger charge is -2.18. The Hall–Kier alpha value is -0.830. The van der Waals surface area contributed by atoms with Crippen molar-refractivity contribution < 1.29 is 14.6 Å². The lowest BCUT2D eigenvalue weighted by atomic mass is 10.1. The summed E-state index contributed by atoms with van der Waals surface area (Å²) < 4.78 is 5.14. The van der Waals surface area contributed by atoms with Crippen LogP contribution >= 0.6 is 0 Å². The molecule has 0 saturated carbocycles. The van der Waals surface area contributed by atoms with Gasteiger partial charge in [-0.15, -0.1) is 0 Å². The van der Waals surface area contributed by atoms with E-state index in [0.29, 0.717) is 18.4 Å². The van der Waals surface area contributed by atoms with Crippen LogP contribution in [0.2, 0.25) is 0 Å². The Morgan fingerprint density at radius 1 is 1.43 bits per heavy atom. The molecule has 0 heterocycles. The van der Waals surface area contributed by atoms with Gasteiger partial charge < -0.3 is 9.84 Å². The number of rotatable bonds is 6. The summed E-state index contributed by atoms with van der Waals surface area (Å²) in [4.78, 5) is 11.2. The summed E-state index contributed by atoms with van der Waals surface area (Å²) in [6.45, 7) is 8.95. The van der Waals surface area contributed by atoms with Crippen LogP contribution in [0.4, 0.5) is 0 Å². The van der Waals surface area contributed by atoms with E-state index < -0.39 is 6.10 Å². The molecule has 0 saturated heterocycles. The standard InChI is InChI=1S/C11H20O3/c1-5-9(12)7-10(6-2)14-11(13)8(3)4/h9-10,12H,3,5-7H2,1-2,4H3. The van der Waals surface area contributed by atoms with Crippen molar-refractivity contribution in [3.05, 3.63) is 12.2 Å². The third kappa shape index (κ3) is 5.02. The van der Waals surface area contributed by atoms with Crippen molar-refractivity contribution in [1.29, 1.82) is 0 Å². The Bertz CT molecular complexity index is 199. The van der Waals surface area contributed by atoms with Crippen LogP contribution in [0.5, 0.6) is 0 Å². The molecule has 0 aromatic rings. The van der Waals surface area contributed by atoms with Crippen molar-refractivity contribution in [3.8, 4) is 0 Å². The Kier molecular flexibility index (Phi) is 6.21. The maximum Gasteiger partial charge on any atom is 0.333 e. The maximum atomic E-state index is 11.2. The molecule has 0 radical (unpaired) electrons. The third-order valence-electron chi connectivity index (χ3n) is 2.08. The van der Waals surface area contributed by atoms with Crippen molar-refractivity contribution in [3.63, 3.8) is 0 Å². The summed E-state index contributed by atoms with van der Waals surface area (Å²) in [7, 11) is 0. The van der Waals surface area contributed by atoms with E-state index in [9.17, 15) is 9.90 Å². The summed E-state index contributed by atoms with van der Waals surface area (Å²) in [5, 5.41) is 9.40. The molecular weight excluding hydrogens is 180 g/mol. The van der Waals surface area contributed by atoms with Crippen LogP contribution in [0.15, 0.2) is 12.2 Å². The molecule has 0 fully saturated rings. The Labute approximate surface area is 85.8 Å². The maximum absolute atomic E-state index is 11.2. The molecular formula is C11H20O3. The molecule has 0 aliphatic rings. The Morgan fingerprint density at radius 2 is 2.00 bits per heavy atom. The van der Waals surface area contributed by atoms with Crippen LogP contribution in [0.1, 0.15) is 40.0 Å². The van der Waals surface area contributed by atoms with E-state index in [1.807, 2.05) is 13.8 Å². The van der Waals surface area contributed by atoms with Gasteiger partial charge in [-0.05, 0) is 19.8 Å². The highest BCUT2D eigenvalue weighted by Crippen LogP contribution is 2.11. The van der Waals surface area contributed by atoms with Gasteiger partial charge in [-0.25, -0.2) is 4.79 Å². The molecule has 0 aliphatic carbocycles. The average molecular weight is 200 g/mol. The van der Waals surface area contributed by atoms with Gasteiger partial charge in [0.2, 0.25) is 0 Å². The van der Waals surface area contributed by atoms with E-state index in [2.05, 4.69) is 6.58 Å². The molecule has 0 aromatic heterocycles. The fraction of sp³-hybridized carbons (Fsp3) is 0.727. The quantitative estimate of drug-likeness (QED) is 0.527. The van der Waals surface area contributed by atoms with Crippen molar-refractivity contribution in [1.82, 2.24) is 0 Å². The first kappa shape index (κ1) is 13.2. The first-order valence-electron chi connectivity index (χ1n) is 5.05.